The van der Waals surface area contributed by atoms with E-state index in [2.05, 4.69) is 20.6 Å². The van der Waals surface area contributed by atoms with Gasteiger partial charge in [0, 0.05) is 24.4 Å². The number of carbonyl (C=O) groups excluding carboxylic acids is 2. The molecule has 0 saturated heterocycles. The Hall–Kier alpha value is -3.21. The van der Waals surface area contributed by atoms with Crippen LogP contribution in [-0.4, -0.2) is 46.4 Å². The highest BCUT2D eigenvalue weighted by Gasteiger charge is 2.29. The second-order valence-corrected chi connectivity index (χ2v) is 9.25. The number of ether oxygens (including phenoxy) is 2. The van der Waals surface area contributed by atoms with Gasteiger partial charge in [-0.2, -0.15) is 8.78 Å². The number of halogens is 3. The van der Waals surface area contributed by atoms with Gasteiger partial charge in [0.15, 0.2) is 0 Å². The Morgan fingerprint density at radius 1 is 1.00 bits per heavy atom. The molecule has 2 rings (SSSR count). The molecule has 0 aliphatic carbocycles. The molecule has 2 N–H and O–H groups in total. The lowest BCUT2D eigenvalue weighted by atomic mass is 10.0. The molecule has 0 aliphatic rings. The first-order valence-corrected chi connectivity index (χ1v) is 11.0. The molecule has 2 aromatic rings. The third-order valence-corrected chi connectivity index (χ3v) is 4.54. The van der Waals surface area contributed by atoms with E-state index in [0.717, 1.165) is 5.56 Å². The Kier molecular flexibility index (Phi) is 9.58. The fourth-order valence-corrected chi connectivity index (χ4v) is 3.08. The van der Waals surface area contributed by atoms with Crippen LogP contribution in [0.1, 0.15) is 58.5 Å². The maximum absolute atomic E-state index is 13.1. The molecule has 0 radical (unpaired) electrons. The number of rotatable bonds is 10. The van der Waals surface area contributed by atoms with E-state index >= 15 is 0 Å². The molecule has 0 spiro atoms. The largest absolute Gasteiger partial charge is 0.444 e. The van der Waals surface area contributed by atoms with Gasteiger partial charge in [0.1, 0.15) is 17.2 Å². The first kappa shape index (κ1) is 28.0. The molecule has 1 heterocycles. The number of carbonyl (C=O) groups is 2. The summed E-state index contributed by atoms with van der Waals surface area (Å²) in [6, 6.07) is 6.98. The quantitative estimate of drug-likeness (QED) is 0.462. The van der Waals surface area contributed by atoms with Crippen molar-refractivity contribution < 1.29 is 32.2 Å². The van der Waals surface area contributed by atoms with Gasteiger partial charge in [-0.15, -0.1) is 0 Å². The number of benzene rings is 1. The smallest absolute Gasteiger partial charge is 0.408 e. The van der Waals surface area contributed by atoms with Crippen LogP contribution in [0, 0.1) is 0 Å². The van der Waals surface area contributed by atoms with Gasteiger partial charge in [-0.1, -0.05) is 24.3 Å². The average Bonchev–Trinajstić information content (AvgIpc) is 2.76. The number of alkyl carbamates (subject to hydrolysis) is 1. The summed E-state index contributed by atoms with van der Waals surface area (Å²) in [5.74, 6) is -1.06. The highest BCUT2D eigenvalue weighted by molar-refractivity contribution is 5.79. The predicted molar refractivity (Wildman–Crippen MR) is 123 cm³/mol. The number of hydrogen-bond acceptors (Lipinski definition) is 6. The van der Waals surface area contributed by atoms with E-state index in [4.69, 9.17) is 9.47 Å². The number of nitrogens with zero attached hydrogens (tertiary/aromatic N) is 2. The van der Waals surface area contributed by atoms with Crippen molar-refractivity contribution in [3.63, 3.8) is 0 Å². The minimum atomic E-state index is -3.18. The molecule has 0 bridgehead atoms. The van der Waals surface area contributed by atoms with Gasteiger partial charge in [-0.3, -0.25) is 9.18 Å². The van der Waals surface area contributed by atoms with Crippen molar-refractivity contribution in [3.8, 4) is 11.1 Å². The Labute approximate surface area is 202 Å². The number of nitrogens with one attached hydrogen (secondary N) is 2. The van der Waals surface area contributed by atoms with Crippen LogP contribution < -0.4 is 10.6 Å². The first-order chi connectivity index (χ1) is 16.3. The highest BCUT2D eigenvalue weighted by Crippen LogP contribution is 2.28. The van der Waals surface area contributed by atoms with Crippen molar-refractivity contribution in [2.75, 3.05) is 6.67 Å². The molecular weight excluding hydrogens is 465 g/mol. The van der Waals surface area contributed by atoms with Gasteiger partial charge in [-0.25, -0.2) is 14.8 Å². The Bertz CT molecular complexity index is 978. The van der Waals surface area contributed by atoms with Crippen LogP contribution in [0.15, 0.2) is 36.7 Å². The van der Waals surface area contributed by atoms with Crippen molar-refractivity contribution in [2.24, 2.45) is 0 Å². The molecule has 1 aromatic heterocycles. The molecule has 8 nitrogen and oxygen atoms in total. The van der Waals surface area contributed by atoms with Gasteiger partial charge < -0.3 is 20.1 Å². The Morgan fingerprint density at radius 2 is 1.60 bits per heavy atom. The molecule has 1 aromatic carbocycles. The van der Waals surface area contributed by atoms with Crippen molar-refractivity contribution in [1.29, 1.82) is 0 Å². The zero-order chi connectivity index (χ0) is 26.2. The summed E-state index contributed by atoms with van der Waals surface area (Å²) in [7, 11) is 0. The monoisotopic (exact) mass is 496 g/mol. The van der Waals surface area contributed by atoms with Gasteiger partial charge in [-0.05, 0) is 45.7 Å². The number of amides is 2. The first-order valence-electron chi connectivity index (χ1n) is 11.0. The van der Waals surface area contributed by atoms with Gasteiger partial charge in [0.05, 0.1) is 19.3 Å². The van der Waals surface area contributed by atoms with E-state index in [9.17, 15) is 22.8 Å². The zero-order valence-electron chi connectivity index (χ0n) is 20.4. The molecule has 11 heteroatoms. The van der Waals surface area contributed by atoms with Gasteiger partial charge in [0.2, 0.25) is 0 Å². The van der Waals surface area contributed by atoms with Crippen LogP contribution in [0.5, 0.6) is 0 Å². The second-order valence-electron chi connectivity index (χ2n) is 9.25. The van der Waals surface area contributed by atoms with E-state index in [1.54, 1.807) is 57.4 Å². The fourth-order valence-electron chi connectivity index (χ4n) is 3.08. The maximum atomic E-state index is 13.1. The van der Waals surface area contributed by atoms with E-state index < -0.39 is 42.5 Å². The summed E-state index contributed by atoms with van der Waals surface area (Å²) in [5.41, 5.74) is 0.0768. The van der Waals surface area contributed by atoms with Crippen LogP contribution in [0.2, 0.25) is 0 Å². The Balaban J connectivity index is 2.04. The average molecular weight is 497 g/mol. The molecule has 1 unspecified atom stereocenters. The van der Waals surface area contributed by atoms with Crippen LogP contribution in [0.4, 0.5) is 18.0 Å². The van der Waals surface area contributed by atoms with E-state index in [0.29, 0.717) is 17.0 Å². The molecule has 192 valence electrons. The molecule has 2 amide bonds. The molecule has 1 atom stereocenters. The molecular formula is C24H31F3N4O4. The lowest BCUT2D eigenvalue weighted by Crippen LogP contribution is -2.48. The van der Waals surface area contributed by atoms with E-state index in [-0.39, 0.29) is 13.0 Å². The topological polar surface area (TPSA) is 102 Å². The summed E-state index contributed by atoms with van der Waals surface area (Å²) < 4.78 is 49.2. The standard InChI is InChI=1S/C24H31F3N4O4/c1-23(2,3)35-22(33)30-14-19-28-12-17(13-29-19)15-6-8-16(9-7-15)18(10-11-25)34-24(4,5)31-21(32)20(26)27/h6-9,12-13,18,20H,10-11,14H2,1-5H3,(H,30,33)(H,31,32). The summed E-state index contributed by atoms with van der Waals surface area (Å²) in [4.78, 5) is 31.6. The van der Waals surface area contributed by atoms with Crippen molar-refractivity contribution in [1.82, 2.24) is 20.6 Å². The summed E-state index contributed by atoms with van der Waals surface area (Å²) in [6.07, 6.45) is -1.32. The number of hydrogen-bond donors (Lipinski definition) is 2. The van der Waals surface area contributed by atoms with Crippen molar-refractivity contribution in [2.45, 2.75) is 71.4 Å². The van der Waals surface area contributed by atoms with Crippen LogP contribution in [-0.2, 0) is 20.8 Å². The minimum absolute atomic E-state index is 0.0181. The van der Waals surface area contributed by atoms with Crippen LogP contribution in [0.3, 0.4) is 0 Å². The SMILES string of the molecule is CC(C)(C)OC(=O)NCc1ncc(-c2ccc(C(CCF)OC(C)(C)NC(=O)C(F)F)cc2)cn1. The summed E-state index contributed by atoms with van der Waals surface area (Å²) in [6.45, 7) is 7.54. The Morgan fingerprint density at radius 3 is 2.11 bits per heavy atom. The van der Waals surface area contributed by atoms with Crippen molar-refractivity contribution >= 4 is 12.0 Å². The number of alkyl halides is 3. The molecule has 0 saturated carbocycles. The van der Waals surface area contributed by atoms with E-state index in [1.165, 1.54) is 13.8 Å². The fraction of sp³-hybridized carbons (Fsp3) is 0.500. The van der Waals surface area contributed by atoms with Gasteiger partial charge in [0.25, 0.3) is 5.91 Å². The van der Waals surface area contributed by atoms with Gasteiger partial charge >= 0.3 is 12.5 Å². The lowest BCUT2D eigenvalue weighted by Gasteiger charge is -2.31. The number of aromatic nitrogens is 2. The van der Waals surface area contributed by atoms with E-state index in [1.807, 2.05) is 0 Å². The third-order valence-electron chi connectivity index (χ3n) is 4.54. The predicted octanol–water partition coefficient (Wildman–Crippen LogP) is 4.70. The second kappa shape index (κ2) is 12.0. The lowest BCUT2D eigenvalue weighted by molar-refractivity contribution is -0.148. The molecule has 35 heavy (non-hydrogen) atoms. The molecule has 0 fully saturated rings. The van der Waals surface area contributed by atoms with Crippen LogP contribution >= 0.6 is 0 Å². The zero-order valence-corrected chi connectivity index (χ0v) is 20.4. The maximum Gasteiger partial charge on any atom is 0.408 e. The summed E-state index contributed by atoms with van der Waals surface area (Å²) >= 11 is 0. The minimum Gasteiger partial charge on any atom is -0.444 e. The van der Waals surface area contributed by atoms with Crippen LogP contribution in [0.25, 0.3) is 11.1 Å². The summed E-state index contributed by atoms with van der Waals surface area (Å²) in [5, 5.41) is 4.69. The van der Waals surface area contributed by atoms with Crippen molar-refractivity contribution in [3.05, 3.63) is 48.0 Å². The third kappa shape index (κ3) is 9.51. The normalized spacial score (nSPS) is 12.8. The molecule has 0 aliphatic heterocycles. The highest BCUT2D eigenvalue weighted by atomic mass is 19.3.